The summed E-state index contributed by atoms with van der Waals surface area (Å²) in [5, 5.41) is 14.2. The zero-order valence-corrected chi connectivity index (χ0v) is 10.8. The van der Waals surface area contributed by atoms with Crippen LogP contribution in [0.3, 0.4) is 0 Å². The average molecular weight is 254 g/mol. The van der Waals surface area contributed by atoms with E-state index < -0.39 is 12.0 Å². The van der Waals surface area contributed by atoms with Gasteiger partial charge in [-0.25, -0.2) is 9.59 Å². The molecule has 18 heavy (non-hydrogen) atoms. The summed E-state index contributed by atoms with van der Waals surface area (Å²) in [7, 11) is 0. The predicted molar refractivity (Wildman–Crippen MR) is 67.2 cm³/mol. The molecule has 3 N–H and O–H groups in total. The Bertz CT molecular complexity index is 312. The molecule has 2 aliphatic rings. The van der Waals surface area contributed by atoms with Crippen LogP contribution in [0.4, 0.5) is 4.79 Å². The molecular weight excluding hydrogens is 232 g/mol. The number of carbonyl (C=O) groups is 2. The molecule has 0 bridgehead atoms. The van der Waals surface area contributed by atoms with Crippen LogP contribution in [-0.2, 0) is 4.79 Å². The molecule has 0 aromatic carbocycles. The van der Waals surface area contributed by atoms with Gasteiger partial charge in [-0.15, -0.1) is 0 Å². The Labute approximate surface area is 107 Å². The topological polar surface area (TPSA) is 78.4 Å². The van der Waals surface area contributed by atoms with Gasteiger partial charge < -0.3 is 15.7 Å². The zero-order chi connectivity index (χ0) is 13.1. The van der Waals surface area contributed by atoms with Crippen molar-refractivity contribution in [3.05, 3.63) is 0 Å². The molecule has 1 atom stereocenters. The maximum Gasteiger partial charge on any atom is 0.326 e. The maximum atomic E-state index is 11.6. The molecule has 0 aromatic rings. The van der Waals surface area contributed by atoms with Gasteiger partial charge >= 0.3 is 12.0 Å². The second-order valence-electron chi connectivity index (χ2n) is 5.49. The van der Waals surface area contributed by atoms with E-state index in [-0.39, 0.29) is 6.03 Å². The van der Waals surface area contributed by atoms with E-state index in [4.69, 9.17) is 5.11 Å². The van der Waals surface area contributed by atoms with E-state index >= 15 is 0 Å². The standard InChI is InChI=1S/C13H22N2O3/c1-2-11(12(16)17)15-13(18)14-7-10(8-3-4-8)9-5-6-9/h8-11H,2-7H2,1H3,(H,16,17)(H2,14,15,18)/t11-/m1/s1. The Morgan fingerprint density at radius 3 is 2.17 bits per heavy atom. The second kappa shape index (κ2) is 5.59. The number of carboxylic acid groups (broad SMARTS) is 1. The van der Waals surface area contributed by atoms with E-state index in [2.05, 4.69) is 10.6 Å². The molecule has 0 unspecified atom stereocenters. The van der Waals surface area contributed by atoms with Crippen LogP contribution in [0.2, 0.25) is 0 Å². The highest BCUT2D eigenvalue weighted by Gasteiger charge is 2.41. The van der Waals surface area contributed by atoms with E-state index in [9.17, 15) is 9.59 Å². The van der Waals surface area contributed by atoms with E-state index in [1.165, 1.54) is 25.7 Å². The van der Waals surface area contributed by atoms with Gasteiger partial charge in [0.25, 0.3) is 0 Å². The van der Waals surface area contributed by atoms with Crippen LogP contribution in [0.25, 0.3) is 0 Å². The van der Waals surface area contributed by atoms with Crippen molar-refractivity contribution in [2.75, 3.05) is 6.54 Å². The van der Waals surface area contributed by atoms with Crippen LogP contribution in [0, 0.1) is 17.8 Å². The maximum absolute atomic E-state index is 11.6. The highest BCUT2D eigenvalue weighted by molar-refractivity contribution is 5.82. The van der Waals surface area contributed by atoms with Gasteiger partial charge in [0.05, 0.1) is 0 Å². The number of hydrogen-bond donors (Lipinski definition) is 3. The van der Waals surface area contributed by atoms with Crippen molar-refractivity contribution in [3.63, 3.8) is 0 Å². The summed E-state index contributed by atoms with van der Waals surface area (Å²) >= 11 is 0. The minimum absolute atomic E-state index is 0.351. The summed E-state index contributed by atoms with van der Waals surface area (Å²) in [5.41, 5.74) is 0. The molecule has 0 radical (unpaired) electrons. The van der Waals surface area contributed by atoms with Crippen LogP contribution in [0.1, 0.15) is 39.0 Å². The Balaban J connectivity index is 1.71. The Morgan fingerprint density at radius 1 is 1.22 bits per heavy atom. The third-order valence-electron chi connectivity index (χ3n) is 3.97. The van der Waals surface area contributed by atoms with Crippen LogP contribution in [0.15, 0.2) is 0 Å². The first kappa shape index (κ1) is 13.2. The van der Waals surface area contributed by atoms with Gasteiger partial charge in [0, 0.05) is 6.54 Å². The predicted octanol–water partition coefficient (Wildman–Crippen LogP) is 1.58. The molecule has 0 heterocycles. The normalized spacial score (nSPS) is 20.6. The Hall–Kier alpha value is -1.26. The molecular formula is C13H22N2O3. The highest BCUT2D eigenvalue weighted by Crippen LogP contribution is 2.48. The number of urea groups is 1. The van der Waals surface area contributed by atoms with Gasteiger partial charge in [0.2, 0.25) is 0 Å². The lowest BCUT2D eigenvalue weighted by Crippen LogP contribution is -2.47. The van der Waals surface area contributed by atoms with Gasteiger partial charge in [-0.1, -0.05) is 6.92 Å². The number of rotatable bonds is 7. The first-order valence-electron chi connectivity index (χ1n) is 6.89. The van der Waals surface area contributed by atoms with Gasteiger partial charge in [-0.2, -0.15) is 0 Å². The number of carboxylic acids is 1. The molecule has 0 aromatic heterocycles. The smallest absolute Gasteiger partial charge is 0.326 e. The summed E-state index contributed by atoms with van der Waals surface area (Å²) in [4.78, 5) is 22.4. The molecule has 5 heteroatoms. The third-order valence-corrected chi connectivity index (χ3v) is 3.97. The summed E-state index contributed by atoms with van der Waals surface area (Å²) in [6.07, 6.45) is 5.56. The van der Waals surface area contributed by atoms with Crippen LogP contribution >= 0.6 is 0 Å². The quantitative estimate of drug-likeness (QED) is 0.645. The van der Waals surface area contributed by atoms with E-state index in [1.807, 2.05) is 0 Å². The van der Waals surface area contributed by atoms with Gasteiger partial charge in [0.15, 0.2) is 0 Å². The van der Waals surface area contributed by atoms with Crippen molar-refractivity contribution < 1.29 is 14.7 Å². The van der Waals surface area contributed by atoms with Gasteiger partial charge in [-0.05, 0) is 49.9 Å². The molecule has 0 aliphatic heterocycles. The Morgan fingerprint density at radius 2 is 1.78 bits per heavy atom. The molecule has 5 nitrogen and oxygen atoms in total. The summed E-state index contributed by atoms with van der Waals surface area (Å²) in [5.74, 6) is 1.22. The van der Waals surface area contributed by atoms with Crippen LogP contribution < -0.4 is 10.6 Å². The number of nitrogens with one attached hydrogen (secondary N) is 2. The monoisotopic (exact) mass is 254 g/mol. The first-order valence-corrected chi connectivity index (χ1v) is 6.89. The fraction of sp³-hybridized carbons (Fsp3) is 0.846. The van der Waals surface area contributed by atoms with Crippen molar-refractivity contribution in [3.8, 4) is 0 Å². The number of amides is 2. The second-order valence-corrected chi connectivity index (χ2v) is 5.49. The van der Waals surface area contributed by atoms with Crippen molar-refractivity contribution in [2.45, 2.75) is 45.1 Å². The zero-order valence-electron chi connectivity index (χ0n) is 10.8. The lowest BCUT2D eigenvalue weighted by atomic mass is 9.98. The minimum Gasteiger partial charge on any atom is -0.480 e. The average Bonchev–Trinajstić information content (AvgIpc) is 3.16. The fourth-order valence-corrected chi connectivity index (χ4v) is 2.53. The summed E-state index contributed by atoms with van der Waals surface area (Å²) in [6.45, 7) is 2.44. The largest absolute Gasteiger partial charge is 0.480 e. The molecule has 2 rings (SSSR count). The summed E-state index contributed by atoms with van der Waals surface area (Å²) in [6, 6.07) is -1.14. The fourth-order valence-electron chi connectivity index (χ4n) is 2.53. The van der Waals surface area contributed by atoms with Crippen molar-refractivity contribution in [1.29, 1.82) is 0 Å². The van der Waals surface area contributed by atoms with Crippen LogP contribution in [0.5, 0.6) is 0 Å². The van der Waals surface area contributed by atoms with Gasteiger partial charge in [0.1, 0.15) is 6.04 Å². The summed E-state index contributed by atoms with van der Waals surface area (Å²) < 4.78 is 0. The van der Waals surface area contributed by atoms with E-state index in [0.29, 0.717) is 18.9 Å². The lowest BCUT2D eigenvalue weighted by molar-refractivity contribution is -0.139. The highest BCUT2D eigenvalue weighted by atomic mass is 16.4. The molecule has 2 fully saturated rings. The van der Waals surface area contributed by atoms with Crippen molar-refractivity contribution in [1.82, 2.24) is 10.6 Å². The molecule has 2 amide bonds. The van der Waals surface area contributed by atoms with Crippen LogP contribution in [-0.4, -0.2) is 29.7 Å². The molecule has 2 aliphatic carbocycles. The number of aliphatic carboxylic acids is 1. The first-order chi connectivity index (χ1) is 8.61. The number of hydrogen-bond acceptors (Lipinski definition) is 2. The lowest BCUT2D eigenvalue weighted by Gasteiger charge is -2.18. The molecule has 2 saturated carbocycles. The minimum atomic E-state index is -0.978. The molecule has 0 saturated heterocycles. The van der Waals surface area contributed by atoms with Crippen molar-refractivity contribution in [2.24, 2.45) is 17.8 Å². The van der Waals surface area contributed by atoms with Gasteiger partial charge in [-0.3, -0.25) is 0 Å². The number of carbonyl (C=O) groups excluding carboxylic acids is 1. The van der Waals surface area contributed by atoms with E-state index in [0.717, 1.165) is 11.8 Å². The third kappa shape index (κ3) is 3.62. The molecule has 102 valence electrons. The van der Waals surface area contributed by atoms with E-state index in [1.54, 1.807) is 6.92 Å². The molecule has 0 spiro atoms. The Kier molecular flexibility index (Phi) is 4.09. The van der Waals surface area contributed by atoms with Crippen molar-refractivity contribution >= 4 is 12.0 Å². The SMILES string of the molecule is CC[C@@H](NC(=O)NCC(C1CC1)C1CC1)C(=O)O.